The van der Waals surface area contributed by atoms with Gasteiger partial charge in [-0.05, 0) is 25.4 Å². The first kappa shape index (κ1) is 9.12. The molecule has 0 fully saturated rings. The number of hydrogen-bond acceptors (Lipinski definition) is 4. The number of hydrogen-bond donors (Lipinski definition) is 0. The van der Waals surface area contributed by atoms with Crippen LogP contribution < -0.4 is 0 Å². The summed E-state index contributed by atoms with van der Waals surface area (Å²) in [6.07, 6.45) is 1.51. The Morgan fingerprint density at radius 3 is 2.67 bits per heavy atom. The lowest BCUT2D eigenvalue weighted by Crippen LogP contribution is -2.29. The van der Waals surface area contributed by atoms with Gasteiger partial charge in [0, 0.05) is 13.1 Å². The van der Waals surface area contributed by atoms with Crippen LogP contribution in [-0.2, 0) is 0 Å². The minimum Gasteiger partial charge on any atom is -0.338 e. The molecule has 1 aromatic rings. The molecule has 1 amide bonds. The van der Waals surface area contributed by atoms with Gasteiger partial charge in [-0.15, -0.1) is 5.10 Å². The smallest absolute Gasteiger partial charge is 0.267 e. The number of carbonyl (C=O) groups excluding carboxylic acids is 1. The maximum absolute atomic E-state index is 11.5. The van der Waals surface area contributed by atoms with Gasteiger partial charge in [-0.25, -0.2) is 0 Å². The largest absolute Gasteiger partial charge is 0.338 e. The molecular formula is C7H11N3OS. The van der Waals surface area contributed by atoms with E-state index < -0.39 is 0 Å². The molecule has 0 aliphatic carbocycles. The van der Waals surface area contributed by atoms with Crippen LogP contribution in [-0.4, -0.2) is 33.5 Å². The fourth-order valence-corrected chi connectivity index (χ4v) is 1.41. The molecule has 5 heteroatoms. The number of rotatable bonds is 3. The molecule has 0 N–H and O–H groups in total. The van der Waals surface area contributed by atoms with Gasteiger partial charge >= 0.3 is 0 Å². The van der Waals surface area contributed by atoms with Gasteiger partial charge in [-0.3, -0.25) is 4.79 Å². The zero-order valence-corrected chi connectivity index (χ0v) is 7.97. The summed E-state index contributed by atoms with van der Waals surface area (Å²) in [7, 11) is 0. The maximum atomic E-state index is 11.5. The van der Waals surface area contributed by atoms with Crippen molar-refractivity contribution in [1.29, 1.82) is 0 Å². The quantitative estimate of drug-likeness (QED) is 0.706. The van der Waals surface area contributed by atoms with Crippen molar-refractivity contribution in [3.05, 3.63) is 11.1 Å². The molecular weight excluding hydrogens is 174 g/mol. The third-order valence-corrected chi connectivity index (χ3v) is 2.28. The normalized spacial score (nSPS) is 9.83. The molecule has 12 heavy (non-hydrogen) atoms. The van der Waals surface area contributed by atoms with Crippen LogP contribution in [0.5, 0.6) is 0 Å². The van der Waals surface area contributed by atoms with Crippen molar-refractivity contribution >= 4 is 17.4 Å². The van der Waals surface area contributed by atoms with Gasteiger partial charge in [0.1, 0.15) is 4.88 Å². The highest BCUT2D eigenvalue weighted by molar-refractivity contribution is 7.07. The molecule has 0 saturated carbocycles. The van der Waals surface area contributed by atoms with Gasteiger partial charge in [-0.1, -0.05) is 4.49 Å². The zero-order valence-electron chi connectivity index (χ0n) is 7.15. The van der Waals surface area contributed by atoms with E-state index in [1.807, 2.05) is 13.8 Å². The van der Waals surface area contributed by atoms with E-state index in [0.717, 1.165) is 24.6 Å². The van der Waals surface area contributed by atoms with Gasteiger partial charge in [0.05, 0.1) is 6.20 Å². The molecule has 4 nitrogen and oxygen atoms in total. The second-order valence-corrected chi connectivity index (χ2v) is 3.04. The zero-order chi connectivity index (χ0) is 8.97. The van der Waals surface area contributed by atoms with Crippen LogP contribution in [0.2, 0.25) is 0 Å². The average Bonchev–Trinajstić information content (AvgIpc) is 2.58. The Hall–Kier alpha value is -0.970. The van der Waals surface area contributed by atoms with Crippen molar-refractivity contribution < 1.29 is 4.79 Å². The topological polar surface area (TPSA) is 46.1 Å². The standard InChI is InChI=1S/C7H11N3OS/c1-3-10(4-2)7(11)6-5-8-9-12-6/h5H,3-4H2,1-2H3. The lowest BCUT2D eigenvalue weighted by Gasteiger charge is -2.16. The Balaban J connectivity index is 2.70. The molecule has 0 radical (unpaired) electrons. The minimum absolute atomic E-state index is 0.0231. The van der Waals surface area contributed by atoms with Crippen LogP contribution in [0.15, 0.2) is 6.20 Å². The van der Waals surface area contributed by atoms with Gasteiger partial charge < -0.3 is 4.90 Å². The molecule has 0 unspecified atom stereocenters. The van der Waals surface area contributed by atoms with Crippen molar-refractivity contribution in [3.63, 3.8) is 0 Å². The van der Waals surface area contributed by atoms with E-state index in [0.29, 0.717) is 4.88 Å². The molecule has 1 rings (SSSR count). The number of amides is 1. The number of carbonyl (C=O) groups is 1. The Morgan fingerprint density at radius 1 is 1.58 bits per heavy atom. The van der Waals surface area contributed by atoms with Crippen molar-refractivity contribution in [2.24, 2.45) is 0 Å². The lowest BCUT2D eigenvalue weighted by atomic mass is 10.4. The van der Waals surface area contributed by atoms with Crippen molar-refractivity contribution in [1.82, 2.24) is 14.5 Å². The highest BCUT2D eigenvalue weighted by Crippen LogP contribution is 2.06. The monoisotopic (exact) mass is 185 g/mol. The molecule has 0 atom stereocenters. The van der Waals surface area contributed by atoms with Crippen LogP contribution in [0.4, 0.5) is 0 Å². The first-order valence-electron chi connectivity index (χ1n) is 3.86. The third kappa shape index (κ3) is 1.79. The van der Waals surface area contributed by atoms with Crippen LogP contribution in [0, 0.1) is 0 Å². The van der Waals surface area contributed by atoms with Gasteiger partial charge in [0.25, 0.3) is 5.91 Å². The summed E-state index contributed by atoms with van der Waals surface area (Å²) in [6.45, 7) is 5.37. The summed E-state index contributed by atoms with van der Waals surface area (Å²) >= 11 is 1.14. The Labute approximate surface area is 75.4 Å². The summed E-state index contributed by atoms with van der Waals surface area (Å²) in [5, 5.41) is 3.62. The van der Waals surface area contributed by atoms with Crippen LogP contribution in [0.3, 0.4) is 0 Å². The SMILES string of the molecule is CCN(CC)C(=O)c1cnns1. The van der Waals surface area contributed by atoms with E-state index >= 15 is 0 Å². The molecule has 0 saturated heterocycles. The van der Waals surface area contributed by atoms with E-state index in [4.69, 9.17) is 0 Å². The highest BCUT2D eigenvalue weighted by Gasteiger charge is 2.13. The second kappa shape index (κ2) is 4.15. The summed E-state index contributed by atoms with van der Waals surface area (Å²) < 4.78 is 3.64. The minimum atomic E-state index is 0.0231. The summed E-state index contributed by atoms with van der Waals surface area (Å²) in [4.78, 5) is 13.9. The third-order valence-electron chi connectivity index (χ3n) is 1.62. The van der Waals surface area contributed by atoms with E-state index in [1.165, 1.54) is 6.20 Å². The van der Waals surface area contributed by atoms with E-state index in [2.05, 4.69) is 9.59 Å². The number of nitrogens with zero attached hydrogens (tertiary/aromatic N) is 3. The molecule has 1 heterocycles. The molecule has 0 aliphatic rings. The Bertz CT molecular complexity index is 243. The first-order chi connectivity index (χ1) is 5.79. The van der Waals surface area contributed by atoms with E-state index in [1.54, 1.807) is 4.90 Å². The molecule has 66 valence electrons. The molecule has 0 spiro atoms. The van der Waals surface area contributed by atoms with Gasteiger partial charge in [0.15, 0.2) is 0 Å². The van der Waals surface area contributed by atoms with Crippen molar-refractivity contribution in [2.45, 2.75) is 13.8 Å². The molecule has 0 bridgehead atoms. The van der Waals surface area contributed by atoms with Crippen LogP contribution >= 0.6 is 11.5 Å². The predicted octanol–water partition coefficient (Wildman–Crippen LogP) is 1.02. The van der Waals surface area contributed by atoms with Gasteiger partial charge in [-0.2, -0.15) is 0 Å². The highest BCUT2D eigenvalue weighted by atomic mass is 32.1. The fourth-order valence-electron chi connectivity index (χ4n) is 0.928. The summed E-state index contributed by atoms with van der Waals surface area (Å²) in [5.41, 5.74) is 0. The fraction of sp³-hybridized carbons (Fsp3) is 0.571. The van der Waals surface area contributed by atoms with Crippen LogP contribution in [0.25, 0.3) is 0 Å². The van der Waals surface area contributed by atoms with Crippen molar-refractivity contribution in [2.75, 3.05) is 13.1 Å². The number of aromatic nitrogens is 2. The van der Waals surface area contributed by atoms with E-state index in [-0.39, 0.29) is 5.91 Å². The second-order valence-electron chi connectivity index (χ2n) is 2.26. The van der Waals surface area contributed by atoms with E-state index in [9.17, 15) is 4.79 Å². The Morgan fingerprint density at radius 2 is 2.25 bits per heavy atom. The summed E-state index contributed by atoms with van der Waals surface area (Å²) in [5.74, 6) is 0.0231. The first-order valence-corrected chi connectivity index (χ1v) is 4.63. The average molecular weight is 185 g/mol. The lowest BCUT2D eigenvalue weighted by molar-refractivity contribution is 0.0777. The van der Waals surface area contributed by atoms with Crippen LogP contribution in [0.1, 0.15) is 23.5 Å². The van der Waals surface area contributed by atoms with Gasteiger partial charge in [0.2, 0.25) is 0 Å². The Kier molecular flexibility index (Phi) is 3.16. The summed E-state index contributed by atoms with van der Waals surface area (Å²) in [6, 6.07) is 0. The predicted molar refractivity (Wildman–Crippen MR) is 47.2 cm³/mol. The maximum Gasteiger partial charge on any atom is 0.267 e. The van der Waals surface area contributed by atoms with Crippen molar-refractivity contribution in [3.8, 4) is 0 Å². The molecule has 1 aromatic heterocycles. The molecule has 0 aromatic carbocycles. The molecule has 0 aliphatic heterocycles.